The van der Waals surface area contributed by atoms with E-state index in [-0.39, 0.29) is 29.0 Å². The van der Waals surface area contributed by atoms with Crippen LogP contribution in [0.25, 0.3) is 0 Å². The second-order valence-corrected chi connectivity index (χ2v) is 6.94. The molecule has 11 heteroatoms. The maximum Gasteiger partial charge on any atom is 0.422 e. The minimum Gasteiger partial charge on any atom is -0.467 e. The fraction of sp³-hybridized carbons (Fsp3) is 0.421. The molecule has 8 nitrogen and oxygen atoms in total. The number of hydrogen-bond donors (Lipinski definition) is 2. The Balaban J connectivity index is 2.05. The first kappa shape index (κ1) is 23.0. The van der Waals surface area contributed by atoms with Crippen LogP contribution >= 0.6 is 0 Å². The van der Waals surface area contributed by atoms with Gasteiger partial charge in [-0.1, -0.05) is 13.8 Å². The number of ether oxygens (including phenoxy) is 1. The molecule has 0 aromatic carbocycles. The number of carbonyl (C=O) groups is 2. The van der Waals surface area contributed by atoms with Gasteiger partial charge >= 0.3 is 6.18 Å². The lowest BCUT2D eigenvalue weighted by Gasteiger charge is -2.16. The van der Waals surface area contributed by atoms with Crippen LogP contribution in [0.2, 0.25) is 0 Å². The molecular weight excluding hydrogens is 403 g/mol. The topological polar surface area (TPSA) is 106 Å². The third-order valence-corrected chi connectivity index (χ3v) is 3.95. The average molecular weight is 425 g/mol. The molecule has 30 heavy (non-hydrogen) atoms. The smallest absolute Gasteiger partial charge is 0.422 e. The Morgan fingerprint density at radius 1 is 1.17 bits per heavy atom. The number of alkyl halides is 3. The van der Waals surface area contributed by atoms with E-state index >= 15 is 0 Å². The number of nitrogens with one attached hydrogen (secondary N) is 2. The van der Waals surface area contributed by atoms with Gasteiger partial charge in [0.2, 0.25) is 11.8 Å². The molecule has 1 unspecified atom stereocenters. The molecule has 2 N–H and O–H groups in total. The lowest BCUT2D eigenvalue weighted by Crippen LogP contribution is -2.28. The van der Waals surface area contributed by atoms with Crippen molar-refractivity contribution in [2.45, 2.75) is 39.9 Å². The van der Waals surface area contributed by atoms with Gasteiger partial charge in [0.05, 0.1) is 6.04 Å². The van der Waals surface area contributed by atoms with Crippen molar-refractivity contribution < 1.29 is 27.5 Å². The van der Waals surface area contributed by atoms with Crippen molar-refractivity contribution in [1.29, 1.82) is 0 Å². The maximum atomic E-state index is 12.4. The summed E-state index contributed by atoms with van der Waals surface area (Å²) >= 11 is 0. The van der Waals surface area contributed by atoms with E-state index in [9.17, 15) is 22.8 Å². The van der Waals surface area contributed by atoms with Gasteiger partial charge in [-0.25, -0.2) is 4.98 Å². The molecule has 162 valence electrons. The van der Waals surface area contributed by atoms with Gasteiger partial charge in [-0.3, -0.25) is 9.59 Å². The van der Waals surface area contributed by atoms with Crippen LogP contribution in [-0.2, 0) is 4.79 Å². The molecule has 0 bridgehead atoms. The van der Waals surface area contributed by atoms with Gasteiger partial charge in [-0.15, -0.1) is 10.2 Å². The standard InChI is InChI=1S/C19H22F3N5O3/c1-10(2)16(28)25-15-8-13(5-6-23-15)12(4)24-17(29)14-7-11(3)18(27-26-14)30-9-19(20,21)22/h5-8,10,12H,9H2,1-4H3,(H,24,29)(H,23,25,28). The number of amides is 2. The maximum absolute atomic E-state index is 12.4. The van der Waals surface area contributed by atoms with Gasteiger partial charge in [-0.2, -0.15) is 13.2 Å². The zero-order valence-electron chi connectivity index (χ0n) is 16.9. The van der Waals surface area contributed by atoms with Gasteiger partial charge in [0, 0.05) is 17.7 Å². The zero-order valence-corrected chi connectivity index (χ0v) is 16.9. The van der Waals surface area contributed by atoms with Crippen molar-refractivity contribution in [3.63, 3.8) is 0 Å². The largest absolute Gasteiger partial charge is 0.467 e. The number of carbonyl (C=O) groups excluding carboxylic acids is 2. The minimum atomic E-state index is -4.50. The Bertz CT molecular complexity index is 919. The highest BCUT2D eigenvalue weighted by atomic mass is 19.4. The van der Waals surface area contributed by atoms with E-state index in [1.807, 2.05) is 0 Å². The van der Waals surface area contributed by atoms with E-state index in [0.717, 1.165) is 0 Å². The first-order valence-electron chi connectivity index (χ1n) is 9.08. The van der Waals surface area contributed by atoms with Crippen LogP contribution in [0.4, 0.5) is 19.0 Å². The second-order valence-electron chi connectivity index (χ2n) is 6.94. The van der Waals surface area contributed by atoms with E-state index in [0.29, 0.717) is 11.4 Å². The number of hydrogen-bond acceptors (Lipinski definition) is 6. The fourth-order valence-electron chi connectivity index (χ4n) is 2.29. The van der Waals surface area contributed by atoms with E-state index in [1.165, 1.54) is 19.2 Å². The number of rotatable bonds is 7. The van der Waals surface area contributed by atoms with Gasteiger partial charge in [0.25, 0.3) is 5.91 Å². The van der Waals surface area contributed by atoms with Gasteiger partial charge in [-0.05, 0) is 37.6 Å². The van der Waals surface area contributed by atoms with Crippen LogP contribution < -0.4 is 15.4 Å². The summed E-state index contributed by atoms with van der Waals surface area (Å²) in [5.41, 5.74) is 0.864. The lowest BCUT2D eigenvalue weighted by molar-refractivity contribution is -0.154. The van der Waals surface area contributed by atoms with E-state index in [2.05, 4.69) is 30.6 Å². The molecule has 0 aliphatic heterocycles. The Labute approximate surface area is 171 Å². The fourth-order valence-corrected chi connectivity index (χ4v) is 2.29. The van der Waals surface area contributed by atoms with Gasteiger partial charge in [0.15, 0.2) is 12.3 Å². The molecule has 2 aromatic heterocycles. The van der Waals surface area contributed by atoms with Crippen molar-refractivity contribution in [2.75, 3.05) is 11.9 Å². The number of aryl methyl sites for hydroxylation is 1. The first-order valence-corrected chi connectivity index (χ1v) is 9.08. The van der Waals surface area contributed by atoms with Gasteiger partial charge < -0.3 is 15.4 Å². The molecule has 0 saturated carbocycles. The highest BCUT2D eigenvalue weighted by molar-refractivity contribution is 5.93. The highest BCUT2D eigenvalue weighted by Crippen LogP contribution is 2.20. The Morgan fingerprint density at radius 2 is 1.87 bits per heavy atom. The molecule has 1 atom stereocenters. The molecule has 2 aromatic rings. The normalized spacial score (nSPS) is 12.4. The first-order chi connectivity index (χ1) is 14.0. The van der Waals surface area contributed by atoms with Crippen LogP contribution in [0, 0.1) is 12.8 Å². The van der Waals surface area contributed by atoms with E-state index in [1.54, 1.807) is 32.9 Å². The molecule has 2 amide bonds. The van der Waals surface area contributed by atoms with E-state index in [4.69, 9.17) is 0 Å². The average Bonchev–Trinajstić information content (AvgIpc) is 2.66. The third-order valence-electron chi connectivity index (χ3n) is 3.95. The zero-order chi connectivity index (χ0) is 22.5. The third kappa shape index (κ3) is 6.68. The second kappa shape index (κ2) is 9.51. The summed E-state index contributed by atoms with van der Waals surface area (Å²) in [5, 5.41) is 12.6. The number of anilines is 1. The van der Waals surface area contributed by atoms with Crippen LogP contribution in [0.15, 0.2) is 24.4 Å². The highest BCUT2D eigenvalue weighted by Gasteiger charge is 2.29. The Hall–Kier alpha value is -3.24. The predicted octanol–water partition coefficient (Wildman–Crippen LogP) is 3.21. The van der Waals surface area contributed by atoms with E-state index < -0.39 is 24.7 Å². The number of aromatic nitrogens is 3. The predicted molar refractivity (Wildman–Crippen MR) is 102 cm³/mol. The Morgan fingerprint density at radius 3 is 2.47 bits per heavy atom. The molecule has 0 saturated heterocycles. The molecule has 2 heterocycles. The molecule has 0 aliphatic rings. The molecule has 2 rings (SSSR count). The minimum absolute atomic E-state index is 0.0684. The Kier molecular flexibility index (Phi) is 7.30. The summed E-state index contributed by atoms with van der Waals surface area (Å²) in [6.07, 6.45) is -3.00. The van der Waals surface area contributed by atoms with Crippen LogP contribution in [0.3, 0.4) is 0 Å². The summed E-state index contributed by atoms with van der Waals surface area (Å²) in [4.78, 5) is 28.3. The molecule has 0 fully saturated rings. The SMILES string of the molecule is Cc1cc(C(=O)NC(C)c2ccnc(NC(=O)C(C)C)c2)nnc1OCC(F)(F)F. The van der Waals surface area contributed by atoms with Gasteiger partial charge in [0.1, 0.15) is 5.82 Å². The lowest BCUT2D eigenvalue weighted by atomic mass is 10.1. The van der Waals surface area contributed by atoms with Crippen molar-refractivity contribution in [3.8, 4) is 5.88 Å². The summed E-state index contributed by atoms with van der Waals surface area (Å²) in [6.45, 7) is 5.20. The summed E-state index contributed by atoms with van der Waals surface area (Å²) in [6, 6.07) is 4.15. The molecular formula is C19H22F3N5O3. The quantitative estimate of drug-likeness (QED) is 0.706. The molecule has 0 aliphatic carbocycles. The van der Waals surface area contributed by atoms with Crippen LogP contribution in [-0.4, -0.2) is 39.8 Å². The van der Waals surface area contributed by atoms with Crippen molar-refractivity contribution in [3.05, 3.63) is 41.2 Å². The van der Waals surface area contributed by atoms with Crippen LogP contribution in [0.1, 0.15) is 48.4 Å². The van der Waals surface area contributed by atoms with Crippen molar-refractivity contribution in [2.24, 2.45) is 5.92 Å². The molecule has 0 radical (unpaired) electrons. The molecule has 0 spiro atoms. The summed E-state index contributed by atoms with van der Waals surface area (Å²) in [5.74, 6) is -0.900. The summed E-state index contributed by atoms with van der Waals surface area (Å²) < 4.78 is 41.3. The summed E-state index contributed by atoms with van der Waals surface area (Å²) in [7, 11) is 0. The van der Waals surface area contributed by atoms with Crippen LogP contribution in [0.5, 0.6) is 5.88 Å². The number of nitrogens with zero attached hydrogens (tertiary/aromatic N) is 3. The number of pyridine rings is 1. The number of halogens is 3. The van der Waals surface area contributed by atoms with Crippen molar-refractivity contribution in [1.82, 2.24) is 20.5 Å². The monoisotopic (exact) mass is 425 g/mol. The van der Waals surface area contributed by atoms with Crippen molar-refractivity contribution >= 4 is 17.6 Å².